The third-order valence-corrected chi connectivity index (χ3v) is 2.31. The maximum atomic E-state index is 12.6. The third kappa shape index (κ3) is 2.76. The first-order chi connectivity index (χ1) is 7.06. The second-order valence-electron chi connectivity index (χ2n) is 3.31. The van der Waals surface area contributed by atoms with Gasteiger partial charge in [0, 0.05) is 5.92 Å². The highest BCUT2D eigenvalue weighted by molar-refractivity contribution is 5.75. The number of rotatable bonds is 3. The SMILES string of the molecule is COC(=O)C(O)C(C)c1ccc(F)cc1. The number of carbonyl (C=O) groups excluding carboxylic acids is 1. The molecule has 0 amide bonds. The topological polar surface area (TPSA) is 46.5 Å². The summed E-state index contributed by atoms with van der Waals surface area (Å²) in [6.45, 7) is 1.68. The van der Waals surface area contributed by atoms with Gasteiger partial charge in [-0.2, -0.15) is 0 Å². The van der Waals surface area contributed by atoms with E-state index in [1.165, 1.54) is 31.4 Å². The Labute approximate surface area is 87.5 Å². The number of aliphatic hydroxyl groups excluding tert-OH is 1. The molecule has 2 unspecified atom stereocenters. The van der Waals surface area contributed by atoms with Crippen molar-refractivity contribution in [1.29, 1.82) is 0 Å². The number of hydrogen-bond donors (Lipinski definition) is 1. The van der Waals surface area contributed by atoms with E-state index in [1.807, 2.05) is 0 Å². The van der Waals surface area contributed by atoms with E-state index in [2.05, 4.69) is 4.74 Å². The molecular weight excluding hydrogens is 199 g/mol. The Balaban J connectivity index is 2.80. The Bertz CT molecular complexity index is 334. The number of carbonyl (C=O) groups is 1. The fraction of sp³-hybridized carbons (Fsp3) is 0.364. The van der Waals surface area contributed by atoms with Gasteiger partial charge in [-0.05, 0) is 17.7 Å². The molecule has 0 fully saturated rings. The van der Waals surface area contributed by atoms with Crippen molar-refractivity contribution in [3.05, 3.63) is 35.6 Å². The Morgan fingerprint density at radius 1 is 1.40 bits per heavy atom. The summed E-state index contributed by atoms with van der Waals surface area (Å²) in [4.78, 5) is 11.0. The predicted octanol–water partition coefficient (Wildman–Crippen LogP) is 1.46. The molecule has 0 saturated carbocycles. The summed E-state index contributed by atoms with van der Waals surface area (Å²) in [5, 5.41) is 9.54. The molecule has 0 radical (unpaired) electrons. The summed E-state index contributed by atoms with van der Waals surface area (Å²) in [5.74, 6) is -1.46. The van der Waals surface area contributed by atoms with E-state index in [0.29, 0.717) is 5.56 Å². The molecule has 4 heteroatoms. The molecule has 1 rings (SSSR count). The lowest BCUT2D eigenvalue weighted by Gasteiger charge is -2.16. The maximum Gasteiger partial charge on any atom is 0.335 e. The normalized spacial score (nSPS) is 14.4. The minimum atomic E-state index is -1.22. The van der Waals surface area contributed by atoms with E-state index in [-0.39, 0.29) is 5.82 Å². The number of ether oxygens (including phenoxy) is 1. The number of methoxy groups -OCH3 is 1. The van der Waals surface area contributed by atoms with Crippen LogP contribution in [-0.2, 0) is 9.53 Å². The molecule has 82 valence electrons. The van der Waals surface area contributed by atoms with Crippen molar-refractivity contribution < 1.29 is 19.0 Å². The Morgan fingerprint density at radius 2 is 1.93 bits per heavy atom. The Hall–Kier alpha value is -1.42. The number of esters is 1. The third-order valence-electron chi connectivity index (χ3n) is 2.31. The van der Waals surface area contributed by atoms with Gasteiger partial charge < -0.3 is 9.84 Å². The summed E-state index contributed by atoms with van der Waals surface area (Å²) >= 11 is 0. The van der Waals surface area contributed by atoms with Gasteiger partial charge in [-0.15, -0.1) is 0 Å². The summed E-state index contributed by atoms with van der Waals surface area (Å²) in [7, 11) is 1.21. The molecule has 3 nitrogen and oxygen atoms in total. The summed E-state index contributed by atoms with van der Waals surface area (Å²) < 4.78 is 17.0. The van der Waals surface area contributed by atoms with Crippen molar-refractivity contribution in [2.75, 3.05) is 7.11 Å². The molecule has 0 spiro atoms. The van der Waals surface area contributed by atoms with Crippen molar-refractivity contribution >= 4 is 5.97 Å². The molecule has 0 aliphatic carbocycles. The van der Waals surface area contributed by atoms with E-state index < -0.39 is 18.0 Å². The Kier molecular flexibility index (Phi) is 3.80. The number of halogens is 1. The number of aliphatic hydroxyl groups is 1. The zero-order valence-electron chi connectivity index (χ0n) is 8.61. The number of hydrogen-bond acceptors (Lipinski definition) is 3. The van der Waals surface area contributed by atoms with Crippen LogP contribution in [0, 0.1) is 5.82 Å². The van der Waals surface area contributed by atoms with Gasteiger partial charge in [-0.25, -0.2) is 9.18 Å². The van der Waals surface area contributed by atoms with Crippen LogP contribution in [0.2, 0.25) is 0 Å². The summed E-state index contributed by atoms with van der Waals surface area (Å²) in [6, 6.07) is 5.64. The highest BCUT2D eigenvalue weighted by Crippen LogP contribution is 2.20. The van der Waals surface area contributed by atoms with Gasteiger partial charge in [0.1, 0.15) is 5.82 Å². The van der Waals surface area contributed by atoms with Crippen molar-refractivity contribution in [2.24, 2.45) is 0 Å². The first-order valence-electron chi connectivity index (χ1n) is 4.57. The van der Waals surface area contributed by atoms with Crippen LogP contribution in [0.3, 0.4) is 0 Å². The zero-order valence-corrected chi connectivity index (χ0v) is 8.61. The van der Waals surface area contributed by atoms with Crippen LogP contribution < -0.4 is 0 Å². The number of benzene rings is 1. The lowest BCUT2D eigenvalue weighted by Crippen LogP contribution is -2.27. The molecule has 1 N–H and O–H groups in total. The van der Waals surface area contributed by atoms with Gasteiger partial charge in [-0.1, -0.05) is 19.1 Å². The van der Waals surface area contributed by atoms with Crippen LogP contribution in [0.15, 0.2) is 24.3 Å². The first kappa shape index (κ1) is 11.7. The monoisotopic (exact) mass is 212 g/mol. The molecule has 1 aromatic carbocycles. The molecule has 0 bridgehead atoms. The van der Waals surface area contributed by atoms with Gasteiger partial charge in [0.15, 0.2) is 6.10 Å². The van der Waals surface area contributed by atoms with Crippen molar-refractivity contribution in [3.63, 3.8) is 0 Å². The highest BCUT2D eigenvalue weighted by atomic mass is 19.1. The van der Waals surface area contributed by atoms with E-state index in [1.54, 1.807) is 6.92 Å². The quantitative estimate of drug-likeness (QED) is 0.771. The van der Waals surface area contributed by atoms with Crippen molar-refractivity contribution in [1.82, 2.24) is 0 Å². The minimum absolute atomic E-state index is 0.349. The van der Waals surface area contributed by atoms with Gasteiger partial charge in [-0.3, -0.25) is 0 Å². The lowest BCUT2D eigenvalue weighted by atomic mass is 9.95. The van der Waals surface area contributed by atoms with Gasteiger partial charge in [0.2, 0.25) is 0 Å². The molecular formula is C11H13FO3. The van der Waals surface area contributed by atoms with Gasteiger partial charge in [0.25, 0.3) is 0 Å². The van der Waals surface area contributed by atoms with Crippen LogP contribution in [0.5, 0.6) is 0 Å². The second kappa shape index (κ2) is 4.89. The fourth-order valence-corrected chi connectivity index (χ4v) is 1.27. The Morgan fingerprint density at radius 3 is 2.40 bits per heavy atom. The molecule has 15 heavy (non-hydrogen) atoms. The van der Waals surface area contributed by atoms with E-state index >= 15 is 0 Å². The van der Waals surface area contributed by atoms with Crippen molar-refractivity contribution in [3.8, 4) is 0 Å². The van der Waals surface area contributed by atoms with Crippen molar-refractivity contribution in [2.45, 2.75) is 18.9 Å². The maximum absolute atomic E-state index is 12.6. The van der Waals surface area contributed by atoms with Crippen LogP contribution in [0.4, 0.5) is 4.39 Å². The second-order valence-corrected chi connectivity index (χ2v) is 3.31. The van der Waals surface area contributed by atoms with Gasteiger partial charge in [0.05, 0.1) is 7.11 Å². The standard InChI is InChI=1S/C11H13FO3/c1-7(10(13)11(14)15-2)8-3-5-9(12)6-4-8/h3-7,10,13H,1-2H3. The smallest absolute Gasteiger partial charge is 0.335 e. The molecule has 0 aliphatic heterocycles. The molecule has 0 heterocycles. The summed E-state index contributed by atoms with van der Waals surface area (Å²) in [5.41, 5.74) is 0.689. The van der Waals surface area contributed by atoms with Gasteiger partial charge >= 0.3 is 5.97 Å². The average Bonchev–Trinajstić information content (AvgIpc) is 2.27. The molecule has 0 aromatic heterocycles. The lowest BCUT2D eigenvalue weighted by molar-refractivity contribution is -0.151. The van der Waals surface area contributed by atoms with Crippen LogP contribution in [-0.4, -0.2) is 24.3 Å². The van der Waals surface area contributed by atoms with E-state index in [0.717, 1.165) is 0 Å². The average molecular weight is 212 g/mol. The summed E-state index contributed by atoms with van der Waals surface area (Å²) in [6.07, 6.45) is -1.22. The molecule has 1 aromatic rings. The first-order valence-corrected chi connectivity index (χ1v) is 4.57. The van der Waals surface area contributed by atoms with Crippen LogP contribution in [0.1, 0.15) is 18.4 Å². The van der Waals surface area contributed by atoms with Crippen LogP contribution in [0.25, 0.3) is 0 Å². The predicted molar refractivity (Wildman–Crippen MR) is 52.8 cm³/mol. The largest absolute Gasteiger partial charge is 0.467 e. The highest BCUT2D eigenvalue weighted by Gasteiger charge is 2.24. The fourth-order valence-electron chi connectivity index (χ4n) is 1.27. The zero-order chi connectivity index (χ0) is 11.4. The van der Waals surface area contributed by atoms with Crippen LogP contribution >= 0.6 is 0 Å². The van der Waals surface area contributed by atoms with E-state index in [4.69, 9.17) is 0 Å². The van der Waals surface area contributed by atoms with E-state index in [9.17, 15) is 14.3 Å². The minimum Gasteiger partial charge on any atom is -0.467 e. The molecule has 0 aliphatic rings. The molecule has 0 saturated heterocycles. The molecule has 2 atom stereocenters.